The lowest BCUT2D eigenvalue weighted by Crippen LogP contribution is -1.98. The first-order chi connectivity index (χ1) is 4.74. The summed E-state index contributed by atoms with van der Waals surface area (Å²) >= 11 is 8.88. The molecule has 0 aliphatic rings. The van der Waals surface area contributed by atoms with Crippen LogP contribution in [0.3, 0.4) is 0 Å². The molecule has 0 unspecified atom stereocenters. The number of nitrogens with zero attached hydrogens (tertiary/aromatic N) is 2. The number of rotatable bonds is 2. The number of aromatic nitrogens is 2. The van der Waals surface area contributed by atoms with Gasteiger partial charge < -0.3 is 0 Å². The Morgan fingerprint density at radius 3 is 2.90 bits per heavy atom. The third-order valence-corrected chi connectivity index (χ3v) is 2.15. The Morgan fingerprint density at radius 1 is 1.80 bits per heavy atom. The maximum atomic E-state index is 5.52. The molecule has 4 heteroatoms. The van der Waals surface area contributed by atoms with Gasteiger partial charge in [0.15, 0.2) is 0 Å². The molecule has 0 amide bonds. The number of hydrogen-bond acceptors (Lipinski definition) is 1. The summed E-state index contributed by atoms with van der Waals surface area (Å²) < 4.78 is 2.87. The smallest absolute Gasteiger partial charge is 0.0735 e. The molecule has 10 heavy (non-hydrogen) atoms. The van der Waals surface area contributed by atoms with Crippen LogP contribution in [-0.2, 0) is 6.54 Å². The minimum absolute atomic E-state index is 0.605. The largest absolute Gasteiger partial charge is 0.270 e. The first-order valence-electron chi connectivity index (χ1n) is 2.99. The minimum atomic E-state index is 0.605. The summed E-state index contributed by atoms with van der Waals surface area (Å²) in [7, 11) is 0. The van der Waals surface area contributed by atoms with Crippen molar-refractivity contribution in [3.8, 4) is 0 Å². The standard InChI is InChI=1S/C6H8BrClN2/c1-5-6(7)4-10(9-5)3-2-8/h4H,2-3H2,1H3. The Kier molecular flexibility index (Phi) is 2.74. The van der Waals surface area contributed by atoms with Crippen LogP contribution in [0.2, 0.25) is 0 Å². The molecule has 1 aromatic rings. The van der Waals surface area contributed by atoms with Gasteiger partial charge in [0, 0.05) is 12.1 Å². The molecule has 0 radical (unpaired) electrons. The van der Waals surface area contributed by atoms with Crippen LogP contribution in [-0.4, -0.2) is 15.7 Å². The van der Waals surface area contributed by atoms with Gasteiger partial charge >= 0.3 is 0 Å². The van der Waals surface area contributed by atoms with E-state index in [0.29, 0.717) is 5.88 Å². The number of alkyl halides is 1. The molecule has 56 valence electrons. The maximum absolute atomic E-state index is 5.52. The molecule has 2 nitrogen and oxygen atoms in total. The Morgan fingerprint density at radius 2 is 2.50 bits per heavy atom. The molecule has 0 atom stereocenters. The second kappa shape index (κ2) is 3.39. The highest BCUT2D eigenvalue weighted by molar-refractivity contribution is 9.10. The lowest BCUT2D eigenvalue weighted by molar-refractivity contribution is 0.657. The number of halogens is 2. The van der Waals surface area contributed by atoms with Crippen LogP contribution in [0.15, 0.2) is 10.7 Å². The van der Waals surface area contributed by atoms with Crippen LogP contribution >= 0.6 is 27.5 Å². The quantitative estimate of drug-likeness (QED) is 0.703. The highest BCUT2D eigenvalue weighted by Gasteiger charge is 1.98. The van der Waals surface area contributed by atoms with Gasteiger partial charge in [-0.2, -0.15) is 5.10 Å². The average molecular weight is 224 g/mol. The van der Waals surface area contributed by atoms with Gasteiger partial charge in [0.2, 0.25) is 0 Å². The molecule has 1 aromatic heterocycles. The Balaban J connectivity index is 2.77. The molecule has 0 aliphatic heterocycles. The van der Waals surface area contributed by atoms with E-state index >= 15 is 0 Å². The van der Waals surface area contributed by atoms with E-state index in [4.69, 9.17) is 11.6 Å². The summed E-state index contributed by atoms with van der Waals surface area (Å²) in [6.07, 6.45) is 1.93. The fraction of sp³-hybridized carbons (Fsp3) is 0.500. The Labute approximate surface area is 73.3 Å². The molecule has 0 bridgehead atoms. The fourth-order valence-electron chi connectivity index (χ4n) is 0.695. The predicted octanol–water partition coefficient (Wildman–Crippen LogP) is 2.19. The minimum Gasteiger partial charge on any atom is -0.270 e. The van der Waals surface area contributed by atoms with Crippen LogP contribution in [0.4, 0.5) is 0 Å². The zero-order valence-electron chi connectivity index (χ0n) is 5.64. The highest BCUT2D eigenvalue weighted by Crippen LogP contribution is 2.12. The number of hydrogen-bond donors (Lipinski definition) is 0. The molecule has 0 fully saturated rings. The molecule has 0 spiro atoms. The fourth-order valence-corrected chi connectivity index (χ4v) is 1.18. The van der Waals surface area contributed by atoms with Crippen LogP contribution in [0.1, 0.15) is 5.69 Å². The van der Waals surface area contributed by atoms with E-state index in [-0.39, 0.29) is 0 Å². The van der Waals surface area contributed by atoms with E-state index in [2.05, 4.69) is 21.0 Å². The first-order valence-corrected chi connectivity index (χ1v) is 4.32. The van der Waals surface area contributed by atoms with Crippen molar-refractivity contribution < 1.29 is 0 Å². The van der Waals surface area contributed by atoms with E-state index in [1.165, 1.54) is 0 Å². The second-order valence-corrected chi connectivity index (χ2v) is 3.25. The third-order valence-electron chi connectivity index (χ3n) is 1.20. The van der Waals surface area contributed by atoms with Crippen molar-refractivity contribution in [3.05, 3.63) is 16.4 Å². The highest BCUT2D eigenvalue weighted by atomic mass is 79.9. The van der Waals surface area contributed by atoms with E-state index in [9.17, 15) is 0 Å². The lowest BCUT2D eigenvalue weighted by Gasteiger charge is -1.92. The monoisotopic (exact) mass is 222 g/mol. The topological polar surface area (TPSA) is 17.8 Å². The van der Waals surface area contributed by atoms with E-state index in [0.717, 1.165) is 16.7 Å². The van der Waals surface area contributed by atoms with E-state index < -0.39 is 0 Å². The molecule has 0 saturated carbocycles. The van der Waals surface area contributed by atoms with Crippen LogP contribution in [0.25, 0.3) is 0 Å². The second-order valence-electron chi connectivity index (χ2n) is 2.01. The first kappa shape index (κ1) is 8.08. The summed E-state index contributed by atoms with van der Waals surface area (Å²) in [5.74, 6) is 0.605. The maximum Gasteiger partial charge on any atom is 0.0735 e. The van der Waals surface area contributed by atoms with Gasteiger partial charge in [-0.1, -0.05) is 0 Å². The summed E-state index contributed by atoms with van der Waals surface area (Å²) in [4.78, 5) is 0. The van der Waals surface area contributed by atoms with Crippen molar-refractivity contribution in [2.24, 2.45) is 0 Å². The van der Waals surface area contributed by atoms with Crippen molar-refractivity contribution in [1.29, 1.82) is 0 Å². The van der Waals surface area contributed by atoms with Crippen LogP contribution in [0.5, 0.6) is 0 Å². The average Bonchev–Trinajstić information content (AvgIpc) is 2.14. The van der Waals surface area contributed by atoms with Gasteiger partial charge in [-0.25, -0.2) is 0 Å². The number of aryl methyl sites for hydroxylation is 2. The van der Waals surface area contributed by atoms with Gasteiger partial charge in [0.05, 0.1) is 16.7 Å². The summed E-state index contributed by atoms with van der Waals surface area (Å²) in [6.45, 7) is 2.73. The SMILES string of the molecule is Cc1nn(CCCl)cc1Br. The lowest BCUT2D eigenvalue weighted by atomic mass is 10.5. The Hall–Kier alpha value is -0.0200. The van der Waals surface area contributed by atoms with Crippen LogP contribution < -0.4 is 0 Å². The molecule has 0 N–H and O–H groups in total. The third kappa shape index (κ3) is 1.73. The van der Waals surface area contributed by atoms with E-state index in [1.54, 1.807) is 0 Å². The van der Waals surface area contributed by atoms with E-state index in [1.807, 2.05) is 17.8 Å². The van der Waals surface area contributed by atoms with Crippen molar-refractivity contribution in [2.75, 3.05) is 5.88 Å². The molecule has 0 aromatic carbocycles. The molecule has 1 heterocycles. The zero-order valence-corrected chi connectivity index (χ0v) is 7.98. The van der Waals surface area contributed by atoms with Gasteiger partial charge in [-0.05, 0) is 22.9 Å². The molecule has 0 saturated heterocycles. The molecular formula is C6H8BrClN2. The van der Waals surface area contributed by atoms with Gasteiger partial charge in [-0.3, -0.25) is 4.68 Å². The van der Waals surface area contributed by atoms with Crippen molar-refractivity contribution in [3.63, 3.8) is 0 Å². The Bertz CT molecular complexity index is 202. The van der Waals surface area contributed by atoms with Crippen LogP contribution in [0, 0.1) is 6.92 Å². The summed E-state index contributed by atoms with van der Waals surface area (Å²) in [6, 6.07) is 0. The molecule has 0 aliphatic carbocycles. The van der Waals surface area contributed by atoms with Crippen molar-refractivity contribution in [2.45, 2.75) is 13.5 Å². The molecule has 1 rings (SSSR count). The van der Waals surface area contributed by atoms with Gasteiger partial charge in [0.1, 0.15) is 0 Å². The normalized spacial score (nSPS) is 10.3. The summed E-state index contributed by atoms with van der Waals surface area (Å²) in [5, 5.41) is 4.19. The zero-order chi connectivity index (χ0) is 7.56. The van der Waals surface area contributed by atoms with Gasteiger partial charge in [-0.15, -0.1) is 11.6 Å². The van der Waals surface area contributed by atoms with Crippen molar-refractivity contribution in [1.82, 2.24) is 9.78 Å². The van der Waals surface area contributed by atoms with Gasteiger partial charge in [0.25, 0.3) is 0 Å². The molecular weight excluding hydrogens is 215 g/mol. The van der Waals surface area contributed by atoms with Crippen molar-refractivity contribution >= 4 is 27.5 Å². The predicted molar refractivity (Wildman–Crippen MR) is 45.4 cm³/mol. The summed E-state index contributed by atoms with van der Waals surface area (Å²) in [5.41, 5.74) is 1.00.